The van der Waals surface area contributed by atoms with E-state index in [0.717, 1.165) is 25.4 Å². The summed E-state index contributed by atoms with van der Waals surface area (Å²) < 4.78 is 0. The van der Waals surface area contributed by atoms with Gasteiger partial charge in [-0.3, -0.25) is 0 Å². The molecule has 2 unspecified atom stereocenters. The number of hydrogen-bond acceptors (Lipinski definition) is 3. The third kappa shape index (κ3) is 6.39. The summed E-state index contributed by atoms with van der Waals surface area (Å²) in [6.45, 7) is 5.04. The van der Waals surface area contributed by atoms with Crippen LogP contribution in [0.15, 0.2) is 0 Å². The number of hydrogen-bond donors (Lipinski definition) is 2. The van der Waals surface area contributed by atoms with Crippen LogP contribution < -0.4 is 5.32 Å². The van der Waals surface area contributed by atoms with Crippen LogP contribution in [0.4, 0.5) is 0 Å². The molecule has 1 aliphatic heterocycles. The molecule has 2 N–H and O–H groups in total. The van der Waals surface area contributed by atoms with Gasteiger partial charge in [0.1, 0.15) is 0 Å². The van der Waals surface area contributed by atoms with Gasteiger partial charge in [-0.2, -0.15) is 0 Å². The van der Waals surface area contributed by atoms with Crippen molar-refractivity contribution in [2.45, 2.75) is 64.0 Å². The van der Waals surface area contributed by atoms with E-state index in [9.17, 15) is 0 Å². The van der Waals surface area contributed by atoms with E-state index in [1.54, 1.807) is 0 Å². The second-order valence-electron chi connectivity index (χ2n) is 5.50. The average Bonchev–Trinajstić information content (AvgIpc) is 2.35. The first-order chi connectivity index (χ1) is 8.24. The van der Waals surface area contributed by atoms with Crippen molar-refractivity contribution >= 4 is 0 Å². The van der Waals surface area contributed by atoms with Crippen molar-refractivity contribution < 1.29 is 5.11 Å². The first-order valence-corrected chi connectivity index (χ1v) is 7.28. The molecular formula is C14H30N2O. The highest BCUT2D eigenvalue weighted by atomic mass is 16.2. The number of piperidine rings is 1. The Morgan fingerprint density at radius 3 is 2.76 bits per heavy atom. The minimum absolute atomic E-state index is 0.339. The first-order valence-electron chi connectivity index (χ1n) is 7.28. The Labute approximate surface area is 107 Å². The van der Waals surface area contributed by atoms with Gasteiger partial charge in [0.15, 0.2) is 0 Å². The van der Waals surface area contributed by atoms with Crippen LogP contribution in [0.2, 0.25) is 0 Å². The van der Waals surface area contributed by atoms with Crippen molar-refractivity contribution in [2.24, 2.45) is 0 Å². The zero-order valence-corrected chi connectivity index (χ0v) is 11.6. The maximum Gasteiger partial charge on any atom is 0.0431 e. The molecule has 0 bridgehead atoms. The Morgan fingerprint density at radius 2 is 2.12 bits per heavy atom. The van der Waals surface area contributed by atoms with Gasteiger partial charge >= 0.3 is 0 Å². The minimum atomic E-state index is 0.339. The van der Waals surface area contributed by atoms with Crippen molar-refractivity contribution in [3.8, 4) is 0 Å². The van der Waals surface area contributed by atoms with Gasteiger partial charge in [-0.25, -0.2) is 0 Å². The molecule has 0 aromatic carbocycles. The van der Waals surface area contributed by atoms with E-state index in [1.165, 1.54) is 38.6 Å². The summed E-state index contributed by atoms with van der Waals surface area (Å²) >= 11 is 0. The maximum atomic E-state index is 8.74. The molecule has 2 atom stereocenters. The Kier molecular flexibility index (Phi) is 7.82. The van der Waals surface area contributed by atoms with Crippen LogP contribution >= 0.6 is 0 Å². The van der Waals surface area contributed by atoms with Gasteiger partial charge in [-0.15, -0.1) is 0 Å². The van der Waals surface area contributed by atoms with Crippen LogP contribution in [0.25, 0.3) is 0 Å². The molecule has 0 amide bonds. The number of unbranched alkanes of at least 4 members (excludes halogenated alkanes) is 2. The van der Waals surface area contributed by atoms with Crippen molar-refractivity contribution in [3.05, 3.63) is 0 Å². The van der Waals surface area contributed by atoms with Gasteiger partial charge in [0.05, 0.1) is 0 Å². The molecule has 1 heterocycles. The lowest BCUT2D eigenvalue weighted by atomic mass is 9.98. The number of nitrogens with one attached hydrogen (secondary N) is 1. The lowest BCUT2D eigenvalue weighted by Gasteiger charge is -2.31. The molecule has 1 fully saturated rings. The van der Waals surface area contributed by atoms with Crippen LogP contribution in [0, 0.1) is 0 Å². The Hall–Kier alpha value is -0.120. The second kappa shape index (κ2) is 8.90. The topological polar surface area (TPSA) is 35.5 Å². The molecule has 3 heteroatoms. The van der Waals surface area contributed by atoms with Crippen LogP contribution in [0.5, 0.6) is 0 Å². The van der Waals surface area contributed by atoms with Gasteiger partial charge in [-0.1, -0.05) is 6.42 Å². The normalized spacial score (nSPS) is 22.9. The fraction of sp³-hybridized carbons (Fsp3) is 1.00. The van der Waals surface area contributed by atoms with Crippen LogP contribution in [-0.4, -0.2) is 48.8 Å². The Balaban J connectivity index is 2.10. The van der Waals surface area contributed by atoms with Crippen molar-refractivity contribution in [2.75, 3.05) is 26.7 Å². The molecule has 102 valence electrons. The number of nitrogens with zero attached hydrogens (tertiary/aromatic N) is 1. The third-order valence-electron chi connectivity index (χ3n) is 3.96. The molecule has 0 aromatic heterocycles. The molecule has 1 rings (SSSR count). The molecule has 17 heavy (non-hydrogen) atoms. The van der Waals surface area contributed by atoms with Gasteiger partial charge in [0, 0.05) is 18.7 Å². The van der Waals surface area contributed by atoms with E-state index in [2.05, 4.69) is 24.2 Å². The van der Waals surface area contributed by atoms with Crippen LogP contribution in [0.3, 0.4) is 0 Å². The summed E-state index contributed by atoms with van der Waals surface area (Å²) in [4.78, 5) is 2.47. The van der Waals surface area contributed by atoms with Gasteiger partial charge in [-0.05, 0) is 65.6 Å². The van der Waals surface area contributed by atoms with Crippen LogP contribution in [0.1, 0.15) is 51.9 Å². The van der Waals surface area contributed by atoms with Crippen molar-refractivity contribution in [1.82, 2.24) is 10.2 Å². The standard InChI is InChI=1S/C14H30N2O/c1-13(12-14-8-4-5-9-15-14)16(2)10-6-3-7-11-17/h13-15,17H,3-12H2,1-2H3. The molecule has 0 radical (unpaired) electrons. The fourth-order valence-corrected chi connectivity index (χ4v) is 2.59. The monoisotopic (exact) mass is 242 g/mol. The highest BCUT2D eigenvalue weighted by molar-refractivity contribution is 4.77. The molecule has 0 aromatic rings. The highest BCUT2D eigenvalue weighted by Crippen LogP contribution is 2.14. The predicted octanol–water partition coefficient (Wildman–Crippen LogP) is 2.00. The molecule has 0 aliphatic carbocycles. The Bertz CT molecular complexity index is 181. The lowest BCUT2D eigenvalue weighted by Crippen LogP contribution is -2.40. The first kappa shape index (κ1) is 14.9. The summed E-state index contributed by atoms with van der Waals surface area (Å²) in [5.41, 5.74) is 0. The van der Waals surface area contributed by atoms with Crippen molar-refractivity contribution in [1.29, 1.82) is 0 Å². The second-order valence-corrected chi connectivity index (χ2v) is 5.50. The zero-order valence-electron chi connectivity index (χ0n) is 11.6. The van der Waals surface area contributed by atoms with Gasteiger partial charge in [0.2, 0.25) is 0 Å². The number of aliphatic hydroxyl groups is 1. The van der Waals surface area contributed by atoms with E-state index < -0.39 is 0 Å². The van der Waals surface area contributed by atoms with E-state index in [0.29, 0.717) is 12.6 Å². The smallest absolute Gasteiger partial charge is 0.0431 e. The molecular weight excluding hydrogens is 212 g/mol. The van der Waals surface area contributed by atoms with Gasteiger partial charge < -0.3 is 15.3 Å². The largest absolute Gasteiger partial charge is 0.396 e. The summed E-state index contributed by atoms with van der Waals surface area (Å²) in [5, 5.41) is 12.4. The number of aliphatic hydroxyl groups excluding tert-OH is 1. The van der Waals surface area contributed by atoms with Gasteiger partial charge in [0.25, 0.3) is 0 Å². The fourth-order valence-electron chi connectivity index (χ4n) is 2.59. The molecule has 0 spiro atoms. The zero-order chi connectivity index (χ0) is 12.5. The maximum absolute atomic E-state index is 8.74. The Morgan fingerprint density at radius 1 is 1.29 bits per heavy atom. The van der Waals surface area contributed by atoms with E-state index in [4.69, 9.17) is 5.11 Å². The van der Waals surface area contributed by atoms with E-state index in [1.807, 2.05) is 0 Å². The summed E-state index contributed by atoms with van der Waals surface area (Å²) in [7, 11) is 2.23. The molecule has 3 nitrogen and oxygen atoms in total. The minimum Gasteiger partial charge on any atom is -0.396 e. The molecule has 1 aliphatic rings. The van der Waals surface area contributed by atoms with E-state index in [-0.39, 0.29) is 0 Å². The highest BCUT2D eigenvalue weighted by Gasteiger charge is 2.17. The molecule has 1 saturated heterocycles. The summed E-state index contributed by atoms with van der Waals surface area (Å²) in [6.07, 6.45) is 8.67. The summed E-state index contributed by atoms with van der Waals surface area (Å²) in [6, 6.07) is 1.40. The SMILES string of the molecule is CC(CC1CCCCN1)N(C)CCCCCO. The average molecular weight is 242 g/mol. The summed E-state index contributed by atoms with van der Waals surface area (Å²) in [5.74, 6) is 0. The number of rotatable bonds is 8. The van der Waals surface area contributed by atoms with Crippen molar-refractivity contribution in [3.63, 3.8) is 0 Å². The molecule has 0 saturated carbocycles. The predicted molar refractivity (Wildman–Crippen MR) is 73.3 cm³/mol. The lowest BCUT2D eigenvalue weighted by molar-refractivity contribution is 0.209. The third-order valence-corrected chi connectivity index (χ3v) is 3.96. The van der Waals surface area contributed by atoms with Crippen LogP contribution in [-0.2, 0) is 0 Å². The quantitative estimate of drug-likeness (QED) is 0.639. The van der Waals surface area contributed by atoms with E-state index >= 15 is 0 Å².